The number of nitrogens with one attached hydrogen (secondary N) is 1. The summed E-state index contributed by atoms with van der Waals surface area (Å²) < 4.78 is 13.3. The fourth-order valence-corrected chi connectivity index (χ4v) is 1.72. The Balaban J connectivity index is 2.00. The van der Waals surface area contributed by atoms with Crippen LogP contribution in [0.2, 0.25) is 0 Å². The highest BCUT2D eigenvalue weighted by molar-refractivity contribution is 5.95. The van der Waals surface area contributed by atoms with Gasteiger partial charge in [-0.15, -0.1) is 0 Å². The molecule has 0 spiro atoms. The predicted octanol–water partition coefficient (Wildman–Crippen LogP) is 2.66. The van der Waals surface area contributed by atoms with Crippen LogP contribution in [0.15, 0.2) is 53.6 Å². The first-order valence-electron chi connectivity index (χ1n) is 6.43. The minimum atomic E-state index is -0.383. The van der Waals surface area contributed by atoms with Crippen molar-refractivity contribution in [3.8, 4) is 0 Å². The lowest BCUT2D eigenvalue weighted by molar-refractivity contribution is 0.0955. The van der Waals surface area contributed by atoms with Gasteiger partial charge in [0.1, 0.15) is 5.82 Å². The zero-order chi connectivity index (χ0) is 15.2. The molecule has 0 bridgehead atoms. The van der Waals surface area contributed by atoms with E-state index in [0.29, 0.717) is 11.1 Å². The highest BCUT2D eigenvalue weighted by Crippen LogP contribution is 2.12. The van der Waals surface area contributed by atoms with E-state index in [4.69, 9.17) is 0 Å². The molecule has 0 aliphatic heterocycles. The number of halogens is 1. The Morgan fingerprint density at radius 1 is 1.14 bits per heavy atom. The molecule has 0 fully saturated rings. The second kappa shape index (κ2) is 6.65. The minimum Gasteiger partial charge on any atom is -0.378 e. The molecule has 0 unspecified atom stereocenters. The molecule has 1 amide bonds. The maximum Gasteiger partial charge on any atom is 0.271 e. The molecule has 21 heavy (non-hydrogen) atoms. The van der Waals surface area contributed by atoms with Crippen molar-refractivity contribution < 1.29 is 9.18 Å². The van der Waals surface area contributed by atoms with Gasteiger partial charge in [-0.1, -0.05) is 18.2 Å². The molecule has 2 rings (SSSR count). The molecule has 4 nitrogen and oxygen atoms in total. The van der Waals surface area contributed by atoms with E-state index < -0.39 is 0 Å². The summed E-state index contributed by atoms with van der Waals surface area (Å²) in [6.45, 7) is 0. The summed E-state index contributed by atoms with van der Waals surface area (Å²) in [7, 11) is 3.85. The van der Waals surface area contributed by atoms with Crippen LogP contribution in [-0.4, -0.2) is 26.2 Å². The van der Waals surface area contributed by atoms with E-state index in [1.54, 1.807) is 30.3 Å². The highest BCUT2D eigenvalue weighted by atomic mass is 19.1. The summed E-state index contributed by atoms with van der Waals surface area (Å²) in [4.78, 5) is 13.8. The summed E-state index contributed by atoms with van der Waals surface area (Å²) in [6.07, 6.45) is 1.28. The van der Waals surface area contributed by atoms with E-state index in [-0.39, 0.29) is 11.7 Å². The SMILES string of the molecule is CN(C)c1ccc(C(=O)NN=Cc2ccccc2F)cc1. The summed E-state index contributed by atoms with van der Waals surface area (Å²) in [6, 6.07) is 13.3. The quantitative estimate of drug-likeness (QED) is 0.693. The molecule has 0 radical (unpaired) electrons. The third-order valence-corrected chi connectivity index (χ3v) is 2.92. The van der Waals surface area contributed by atoms with Crippen LogP contribution in [0.4, 0.5) is 10.1 Å². The Morgan fingerprint density at radius 2 is 1.81 bits per heavy atom. The topological polar surface area (TPSA) is 44.7 Å². The van der Waals surface area contributed by atoms with Gasteiger partial charge in [0.25, 0.3) is 5.91 Å². The molecule has 0 saturated heterocycles. The zero-order valence-electron chi connectivity index (χ0n) is 11.9. The van der Waals surface area contributed by atoms with Gasteiger partial charge in [-0.3, -0.25) is 4.79 Å². The number of hydrogen-bond acceptors (Lipinski definition) is 3. The van der Waals surface area contributed by atoms with Crippen molar-refractivity contribution in [3.05, 3.63) is 65.5 Å². The fraction of sp³-hybridized carbons (Fsp3) is 0.125. The van der Waals surface area contributed by atoms with Crippen LogP contribution in [0, 0.1) is 5.82 Å². The Hall–Kier alpha value is -2.69. The maximum atomic E-state index is 13.3. The second-order valence-corrected chi connectivity index (χ2v) is 4.66. The van der Waals surface area contributed by atoms with Crippen LogP contribution in [0.25, 0.3) is 0 Å². The number of amides is 1. The molecule has 1 N–H and O–H groups in total. The average Bonchev–Trinajstić information content (AvgIpc) is 2.49. The van der Waals surface area contributed by atoms with Crippen molar-refractivity contribution in [1.29, 1.82) is 0 Å². The first-order valence-corrected chi connectivity index (χ1v) is 6.43. The van der Waals surface area contributed by atoms with E-state index in [9.17, 15) is 9.18 Å². The number of hydrazone groups is 1. The molecule has 2 aromatic rings. The Bertz CT molecular complexity index is 651. The van der Waals surface area contributed by atoms with Crippen molar-refractivity contribution in [2.45, 2.75) is 0 Å². The number of anilines is 1. The molecule has 0 saturated carbocycles. The highest BCUT2D eigenvalue weighted by Gasteiger charge is 2.04. The van der Waals surface area contributed by atoms with E-state index in [2.05, 4.69) is 10.5 Å². The van der Waals surface area contributed by atoms with Gasteiger partial charge in [0.15, 0.2) is 0 Å². The van der Waals surface area contributed by atoms with Crippen molar-refractivity contribution in [2.75, 3.05) is 19.0 Å². The van der Waals surface area contributed by atoms with Gasteiger partial charge in [-0.2, -0.15) is 5.10 Å². The molecule has 108 valence electrons. The summed E-state index contributed by atoms with van der Waals surface area (Å²) >= 11 is 0. The zero-order valence-corrected chi connectivity index (χ0v) is 11.9. The van der Waals surface area contributed by atoms with Gasteiger partial charge in [-0.05, 0) is 30.3 Å². The van der Waals surface area contributed by atoms with E-state index >= 15 is 0 Å². The summed E-state index contributed by atoms with van der Waals surface area (Å²) in [5.41, 5.74) is 4.19. The number of carbonyl (C=O) groups is 1. The van der Waals surface area contributed by atoms with Gasteiger partial charge in [0, 0.05) is 30.9 Å². The summed E-state index contributed by atoms with van der Waals surface area (Å²) in [5, 5.41) is 3.76. The van der Waals surface area contributed by atoms with Gasteiger partial charge in [-0.25, -0.2) is 9.82 Å². The van der Waals surface area contributed by atoms with E-state index in [1.165, 1.54) is 12.3 Å². The molecule has 0 atom stereocenters. The first-order chi connectivity index (χ1) is 10.1. The third-order valence-electron chi connectivity index (χ3n) is 2.92. The lowest BCUT2D eigenvalue weighted by Crippen LogP contribution is -2.18. The lowest BCUT2D eigenvalue weighted by atomic mass is 10.2. The molecule has 0 aliphatic rings. The van der Waals surface area contributed by atoms with Crippen molar-refractivity contribution in [2.24, 2.45) is 5.10 Å². The fourth-order valence-electron chi connectivity index (χ4n) is 1.72. The second-order valence-electron chi connectivity index (χ2n) is 4.66. The van der Waals surface area contributed by atoms with Crippen LogP contribution in [-0.2, 0) is 0 Å². The Morgan fingerprint density at radius 3 is 2.43 bits per heavy atom. The number of rotatable bonds is 4. The van der Waals surface area contributed by atoms with E-state index in [0.717, 1.165) is 5.69 Å². The predicted molar refractivity (Wildman–Crippen MR) is 82.2 cm³/mol. The van der Waals surface area contributed by atoms with Crippen LogP contribution in [0.1, 0.15) is 15.9 Å². The van der Waals surface area contributed by atoms with Crippen LogP contribution < -0.4 is 10.3 Å². The summed E-state index contributed by atoms with van der Waals surface area (Å²) in [5.74, 6) is -0.723. The molecule has 0 aromatic heterocycles. The van der Waals surface area contributed by atoms with Gasteiger partial charge in [0.05, 0.1) is 6.21 Å². The largest absolute Gasteiger partial charge is 0.378 e. The van der Waals surface area contributed by atoms with Crippen LogP contribution in [0.3, 0.4) is 0 Å². The smallest absolute Gasteiger partial charge is 0.271 e. The van der Waals surface area contributed by atoms with Gasteiger partial charge >= 0.3 is 0 Å². The Kier molecular flexibility index (Phi) is 4.66. The van der Waals surface area contributed by atoms with Crippen molar-refractivity contribution in [3.63, 3.8) is 0 Å². The third kappa shape index (κ3) is 3.89. The molecular formula is C16H16FN3O. The molecule has 2 aromatic carbocycles. The maximum absolute atomic E-state index is 13.3. The monoisotopic (exact) mass is 285 g/mol. The molecule has 0 heterocycles. The number of benzene rings is 2. The van der Waals surface area contributed by atoms with Crippen LogP contribution >= 0.6 is 0 Å². The van der Waals surface area contributed by atoms with Crippen molar-refractivity contribution >= 4 is 17.8 Å². The molecule has 5 heteroatoms. The van der Waals surface area contributed by atoms with Crippen LogP contribution in [0.5, 0.6) is 0 Å². The molecule has 0 aliphatic carbocycles. The number of carbonyl (C=O) groups excluding carboxylic acids is 1. The van der Waals surface area contributed by atoms with Crippen molar-refractivity contribution in [1.82, 2.24) is 5.43 Å². The average molecular weight is 285 g/mol. The molecular weight excluding hydrogens is 269 g/mol. The standard InChI is InChI=1S/C16H16FN3O/c1-20(2)14-9-7-12(8-10-14)16(21)19-18-11-13-5-3-4-6-15(13)17/h3-11H,1-2H3,(H,19,21). The Labute approximate surface area is 122 Å². The lowest BCUT2D eigenvalue weighted by Gasteiger charge is -2.12. The normalized spacial score (nSPS) is 10.6. The minimum absolute atomic E-state index is 0.320. The first kappa shape index (κ1) is 14.7. The number of nitrogens with zero attached hydrogens (tertiary/aromatic N) is 2. The van der Waals surface area contributed by atoms with E-state index in [1.807, 2.05) is 31.1 Å². The van der Waals surface area contributed by atoms with Gasteiger partial charge in [0.2, 0.25) is 0 Å². The van der Waals surface area contributed by atoms with Gasteiger partial charge < -0.3 is 4.90 Å². The number of hydrogen-bond donors (Lipinski definition) is 1.